The van der Waals surface area contributed by atoms with Crippen molar-refractivity contribution in [1.82, 2.24) is 0 Å². The van der Waals surface area contributed by atoms with Gasteiger partial charge in [-0.1, -0.05) is 73.1 Å². The van der Waals surface area contributed by atoms with E-state index in [0.29, 0.717) is 10.8 Å². The summed E-state index contributed by atoms with van der Waals surface area (Å²) >= 11 is 0. The van der Waals surface area contributed by atoms with Gasteiger partial charge in [0.1, 0.15) is 0 Å². The summed E-state index contributed by atoms with van der Waals surface area (Å²) in [7, 11) is 0. The first-order valence-corrected chi connectivity index (χ1v) is 11.3. The molecule has 0 aliphatic heterocycles. The molecule has 3 fully saturated rings. The molecule has 0 radical (unpaired) electrons. The Morgan fingerprint density at radius 3 is 2.00 bits per heavy atom. The van der Waals surface area contributed by atoms with Gasteiger partial charge < -0.3 is 0 Å². The maximum absolute atomic E-state index is 2.62. The Hall–Kier alpha value is 0. The molecule has 0 bridgehead atoms. The van der Waals surface area contributed by atoms with Crippen molar-refractivity contribution in [1.29, 1.82) is 0 Å². The first kappa shape index (κ1) is 18.8. The summed E-state index contributed by atoms with van der Waals surface area (Å²) in [5.41, 5.74) is 1.23. The third-order valence-electron chi connectivity index (χ3n) is 8.55. The minimum Gasteiger partial charge on any atom is -0.0625 e. The Bertz CT molecular complexity index is 400. The van der Waals surface area contributed by atoms with E-state index in [9.17, 15) is 0 Å². The summed E-state index contributed by atoms with van der Waals surface area (Å²) in [4.78, 5) is 0. The van der Waals surface area contributed by atoms with Crippen molar-refractivity contribution in [2.45, 2.75) is 112 Å². The van der Waals surface area contributed by atoms with Gasteiger partial charge in [0.2, 0.25) is 0 Å². The Morgan fingerprint density at radius 1 is 0.708 bits per heavy atom. The van der Waals surface area contributed by atoms with E-state index in [2.05, 4.69) is 34.6 Å². The highest BCUT2D eigenvalue weighted by Gasteiger charge is 2.53. The van der Waals surface area contributed by atoms with Crippen LogP contribution in [0.4, 0.5) is 0 Å². The number of hydrogen-bond donors (Lipinski definition) is 0. The van der Waals surface area contributed by atoms with E-state index in [4.69, 9.17) is 0 Å². The van der Waals surface area contributed by atoms with Gasteiger partial charge >= 0.3 is 0 Å². The molecule has 0 aromatic rings. The molecule has 24 heavy (non-hydrogen) atoms. The van der Waals surface area contributed by atoms with Gasteiger partial charge in [0.25, 0.3) is 0 Å². The molecule has 5 atom stereocenters. The zero-order valence-electron chi connectivity index (χ0n) is 17.4. The summed E-state index contributed by atoms with van der Waals surface area (Å²) < 4.78 is 0. The van der Waals surface area contributed by atoms with E-state index in [0.717, 1.165) is 29.6 Å². The predicted molar refractivity (Wildman–Crippen MR) is 106 cm³/mol. The van der Waals surface area contributed by atoms with Crippen LogP contribution < -0.4 is 0 Å². The van der Waals surface area contributed by atoms with Crippen LogP contribution in [0.15, 0.2) is 0 Å². The van der Waals surface area contributed by atoms with Crippen LogP contribution in [0.25, 0.3) is 0 Å². The van der Waals surface area contributed by atoms with Crippen molar-refractivity contribution in [2.24, 2.45) is 40.4 Å². The molecule has 0 nitrogen and oxygen atoms in total. The van der Waals surface area contributed by atoms with Crippen molar-refractivity contribution in [2.75, 3.05) is 0 Å². The smallest absolute Gasteiger partial charge is 0.0231 e. The third-order valence-corrected chi connectivity index (χ3v) is 8.55. The lowest BCUT2D eigenvalue weighted by Crippen LogP contribution is -2.50. The fourth-order valence-corrected chi connectivity index (χ4v) is 7.84. The molecule has 0 amide bonds. The summed E-state index contributed by atoms with van der Waals surface area (Å²) in [5, 5.41) is 0. The lowest BCUT2D eigenvalue weighted by Gasteiger charge is -2.59. The van der Waals surface area contributed by atoms with Gasteiger partial charge in [-0.15, -0.1) is 0 Å². The Balaban J connectivity index is 1.96. The molecule has 0 N–H and O–H groups in total. The molecule has 0 aromatic heterocycles. The first-order chi connectivity index (χ1) is 11.3. The summed E-state index contributed by atoms with van der Waals surface area (Å²) in [6, 6.07) is 0. The highest BCUT2D eigenvalue weighted by Crippen LogP contribution is 2.62. The molecule has 3 saturated carbocycles. The molecule has 3 aliphatic rings. The highest BCUT2D eigenvalue weighted by molar-refractivity contribution is 5.03. The molecule has 3 aliphatic carbocycles. The predicted octanol–water partition coefficient (Wildman–Crippen LogP) is 7.86. The van der Waals surface area contributed by atoms with Crippen molar-refractivity contribution >= 4 is 0 Å². The van der Waals surface area contributed by atoms with Crippen LogP contribution >= 0.6 is 0 Å². The average molecular weight is 333 g/mol. The molecule has 140 valence electrons. The quantitative estimate of drug-likeness (QED) is 0.451. The molecule has 5 unspecified atom stereocenters. The largest absolute Gasteiger partial charge is 0.0625 e. The van der Waals surface area contributed by atoms with Crippen LogP contribution in [-0.2, 0) is 0 Å². The van der Waals surface area contributed by atoms with E-state index in [1.54, 1.807) is 19.3 Å². The lowest BCUT2D eigenvalue weighted by molar-refractivity contribution is -0.0911. The van der Waals surface area contributed by atoms with E-state index in [-0.39, 0.29) is 0 Å². The van der Waals surface area contributed by atoms with E-state index in [1.807, 2.05) is 0 Å². The van der Waals surface area contributed by atoms with Crippen LogP contribution in [0.5, 0.6) is 0 Å². The van der Waals surface area contributed by atoms with Crippen LogP contribution in [0.3, 0.4) is 0 Å². The second-order valence-electron chi connectivity index (χ2n) is 11.1. The third kappa shape index (κ3) is 3.73. The SMILES string of the molecule is CC1CC(C)(C)CC(C2CCCCCC2)(C2CCCC(C)C2C)C1. The van der Waals surface area contributed by atoms with Crippen molar-refractivity contribution in [3.8, 4) is 0 Å². The topological polar surface area (TPSA) is 0 Å². The fourth-order valence-electron chi connectivity index (χ4n) is 7.84. The second kappa shape index (κ2) is 7.32. The van der Waals surface area contributed by atoms with Crippen molar-refractivity contribution in [3.63, 3.8) is 0 Å². The molecular formula is C24H44. The number of hydrogen-bond acceptors (Lipinski definition) is 0. The Kier molecular flexibility index (Phi) is 5.73. The van der Waals surface area contributed by atoms with Gasteiger partial charge in [-0.2, -0.15) is 0 Å². The highest BCUT2D eigenvalue weighted by atomic mass is 14.6. The second-order valence-corrected chi connectivity index (χ2v) is 11.1. The van der Waals surface area contributed by atoms with Crippen LogP contribution in [0, 0.1) is 40.4 Å². The van der Waals surface area contributed by atoms with Gasteiger partial charge in [-0.05, 0) is 78.9 Å². The van der Waals surface area contributed by atoms with Crippen LogP contribution in [0.1, 0.15) is 112 Å². The molecule has 3 rings (SSSR count). The maximum Gasteiger partial charge on any atom is -0.0231 e. The van der Waals surface area contributed by atoms with Crippen molar-refractivity contribution < 1.29 is 0 Å². The van der Waals surface area contributed by atoms with Gasteiger partial charge in [-0.25, -0.2) is 0 Å². The van der Waals surface area contributed by atoms with Crippen molar-refractivity contribution in [3.05, 3.63) is 0 Å². The molecular weight excluding hydrogens is 288 g/mol. The minimum absolute atomic E-state index is 0.560. The van der Waals surface area contributed by atoms with E-state index in [1.165, 1.54) is 57.8 Å². The minimum atomic E-state index is 0.560. The monoisotopic (exact) mass is 332 g/mol. The van der Waals surface area contributed by atoms with E-state index < -0.39 is 0 Å². The molecule has 0 spiro atoms. The molecule has 0 heteroatoms. The summed E-state index contributed by atoms with van der Waals surface area (Å²) in [6.07, 6.45) is 18.2. The standard InChI is InChI=1S/C24H44/c1-18-15-23(4,5)17-24(16-18,21-12-8-6-7-9-13-21)22-14-10-11-19(2)20(22)3/h18-22H,6-17H2,1-5H3. The normalized spacial score (nSPS) is 44.9. The van der Waals surface area contributed by atoms with E-state index >= 15 is 0 Å². The molecule has 0 aromatic carbocycles. The molecule has 0 saturated heterocycles. The summed E-state index contributed by atoms with van der Waals surface area (Å²) in [5.74, 6) is 4.86. The average Bonchev–Trinajstić information content (AvgIpc) is 2.77. The maximum atomic E-state index is 2.62. The number of rotatable bonds is 2. The Labute approximate surface area is 152 Å². The first-order valence-electron chi connectivity index (χ1n) is 11.3. The zero-order chi connectivity index (χ0) is 17.4. The van der Waals surface area contributed by atoms with Gasteiger partial charge in [0.15, 0.2) is 0 Å². The van der Waals surface area contributed by atoms with Gasteiger partial charge in [0, 0.05) is 0 Å². The van der Waals surface area contributed by atoms with Gasteiger partial charge in [-0.3, -0.25) is 0 Å². The van der Waals surface area contributed by atoms with Crippen LogP contribution in [-0.4, -0.2) is 0 Å². The summed E-state index contributed by atoms with van der Waals surface area (Å²) in [6.45, 7) is 12.9. The Morgan fingerprint density at radius 2 is 1.38 bits per heavy atom. The fraction of sp³-hybridized carbons (Fsp3) is 1.00. The lowest BCUT2D eigenvalue weighted by atomic mass is 9.46. The van der Waals surface area contributed by atoms with Crippen LogP contribution in [0.2, 0.25) is 0 Å². The zero-order valence-corrected chi connectivity index (χ0v) is 17.4. The molecule has 0 heterocycles. The van der Waals surface area contributed by atoms with Gasteiger partial charge in [0.05, 0.1) is 0 Å².